The molecule has 2 aromatic heterocycles. The van der Waals surface area contributed by atoms with Gasteiger partial charge in [0.25, 0.3) is 0 Å². The lowest BCUT2D eigenvalue weighted by atomic mass is 10.1. The van der Waals surface area contributed by atoms with Crippen LogP contribution in [0.2, 0.25) is 0 Å². The Morgan fingerprint density at radius 3 is 2.29 bits per heavy atom. The van der Waals surface area contributed by atoms with E-state index in [1.54, 1.807) is 12.4 Å². The summed E-state index contributed by atoms with van der Waals surface area (Å²) >= 11 is 0. The van der Waals surface area contributed by atoms with Crippen molar-refractivity contribution in [2.45, 2.75) is 0 Å². The van der Waals surface area contributed by atoms with Crippen LogP contribution in [-0.2, 0) is 0 Å². The number of aromatic nitrogens is 3. The first-order valence-corrected chi connectivity index (χ1v) is 5.45. The van der Waals surface area contributed by atoms with E-state index < -0.39 is 0 Å². The van der Waals surface area contributed by atoms with E-state index in [9.17, 15) is 0 Å². The first kappa shape index (κ1) is 9.78. The third kappa shape index (κ3) is 1.83. The molecular formula is C14H11N3. The fraction of sp³-hybridized carbons (Fsp3) is 0. The molecule has 0 amide bonds. The maximum absolute atomic E-state index is 4.35. The molecule has 0 aliphatic carbocycles. The summed E-state index contributed by atoms with van der Waals surface area (Å²) in [6, 6.07) is 16.1. The van der Waals surface area contributed by atoms with Crippen LogP contribution >= 0.6 is 0 Å². The summed E-state index contributed by atoms with van der Waals surface area (Å²) in [5.41, 5.74) is 3.25. The average Bonchev–Trinajstić information content (AvgIpc) is 2.90. The van der Waals surface area contributed by atoms with Crippen molar-refractivity contribution in [1.29, 1.82) is 0 Å². The Hall–Kier alpha value is -2.42. The number of nitrogens with zero attached hydrogens (tertiary/aromatic N) is 3. The number of benzene rings is 1. The molecule has 0 N–H and O–H groups in total. The Kier molecular flexibility index (Phi) is 2.43. The smallest absolute Gasteiger partial charge is 0.0740 e. The molecule has 0 fully saturated rings. The van der Waals surface area contributed by atoms with Gasteiger partial charge in [0, 0.05) is 18.0 Å². The highest BCUT2D eigenvalue weighted by atomic mass is 15.3. The van der Waals surface area contributed by atoms with Gasteiger partial charge in [0.2, 0.25) is 0 Å². The molecular weight excluding hydrogens is 210 g/mol. The van der Waals surface area contributed by atoms with Gasteiger partial charge < -0.3 is 0 Å². The van der Waals surface area contributed by atoms with E-state index in [0.717, 1.165) is 16.9 Å². The van der Waals surface area contributed by atoms with Crippen molar-refractivity contribution >= 4 is 0 Å². The summed E-state index contributed by atoms with van der Waals surface area (Å²) in [7, 11) is 0. The Morgan fingerprint density at radius 1 is 0.765 bits per heavy atom. The molecule has 82 valence electrons. The molecule has 3 aromatic rings. The van der Waals surface area contributed by atoms with Gasteiger partial charge in [-0.2, -0.15) is 5.10 Å². The van der Waals surface area contributed by atoms with Gasteiger partial charge in [0.15, 0.2) is 0 Å². The molecule has 0 bridgehead atoms. The van der Waals surface area contributed by atoms with Gasteiger partial charge in [-0.15, -0.1) is 0 Å². The highest BCUT2D eigenvalue weighted by Gasteiger charge is 2.05. The predicted molar refractivity (Wildman–Crippen MR) is 66.8 cm³/mol. The fourth-order valence-electron chi connectivity index (χ4n) is 1.82. The van der Waals surface area contributed by atoms with Crippen molar-refractivity contribution in [3.05, 3.63) is 67.1 Å². The van der Waals surface area contributed by atoms with Crippen LogP contribution in [0.1, 0.15) is 0 Å². The van der Waals surface area contributed by atoms with Crippen LogP contribution in [0.25, 0.3) is 16.9 Å². The number of rotatable bonds is 2. The average molecular weight is 221 g/mol. The normalized spacial score (nSPS) is 10.4. The van der Waals surface area contributed by atoms with E-state index in [-0.39, 0.29) is 0 Å². The SMILES string of the molecule is c1ccc(-c2ccnn2-c2ccncc2)cc1. The van der Waals surface area contributed by atoms with E-state index in [1.165, 1.54) is 0 Å². The summed E-state index contributed by atoms with van der Waals surface area (Å²) in [5.74, 6) is 0. The molecule has 3 nitrogen and oxygen atoms in total. The van der Waals surface area contributed by atoms with Gasteiger partial charge in [0.05, 0.1) is 17.6 Å². The van der Waals surface area contributed by atoms with Gasteiger partial charge in [-0.1, -0.05) is 30.3 Å². The molecule has 0 aliphatic rings. The second kappa shape index (κ2) is 4.22. The van der Waals surface area contributed by atoms with Crippen molar-refractivity contribution in [3.63, 3.8) is 0 Å². The fourth-order valence-corrected chi connectivity index (χ4v) is 1.82. The van der Waals surface area contributed by atoms with Crippen LogP contribution in [0.4, 0.5) is 0 Å². The molecule has 17 heavy (non-hydrogen) atoms. The van der Waals surface area contributed by atoms with Crippen molar-refractivity contribution in [2.75, 3.05) is 0 Å². The maximum Gasteiger partial charge on any atom is 0.0740 e. The lowest BCUT2D eigenvalue weighted by Crippen LogP contribution is -1.98. The molecule has 1 aromatic carbocycles. The minimum Gasteiger partial charge on any atom is -0.265 e. The van der Waals surface area contributed by atoms with E-state index in [0.29, 0.717) is 0 Å². The molecule has 0 saturated carbocycles. The van der Waals surface area contributed by atoms with Crippen LogP contribution in [-0.4, -0.2) is 14.8 Å². The molecule has 0 atom stereocenters. The van der Waals surface area contributed by atoms with E-state index in [2.05, 4.69) is 22.2 Å². The van der Waals surface area contributed by atoms with Gasteiger partial charge in [-0.3, -0.25) is 4.98 Å². The first-order valence-electron chi connectivity index (χ1n) is 5.45. The molecule has 2 heterocycles. The zero-order valence-electron chi connectivity index (χ0n) is 9.19. The Balaban J connectivity index is 2.13. The summed E-state index contributed by atoms with van der Waals surface area (Å²) in [6.45, 7) is 0. The molecule has 0 saturated heterocycles. The van der Waals surface area contributed by atoms with Crippen LogP contribution in [0.3, 0.4) is 0 Å². The molecule has 0 spiro atoms. The highest BCUT2D eigenvalue weighted by Crippen LogP contribution is 2.21. The topological polar surface area (TPSA) is 30.7 Å². The van der Waals surface area contributed by atoms with Crippen molar-refractivity contribution in [3.8, 4) is 16.9 Å². The summed E-state index contributed by atoms with van der Waals surface area (Å²) in [5, 5.41) is 4.35. The second-order valence-electron chi connectivity index (χ2n) is 3.70. The minimum atomic E-state index is 1.02. The third-order valence-corrected chi connectivity index (χ3v) is 2.62. The number of hydrogen-bond acceptors (Lipinski definition) is 2. The monoisotopic (exact) mass is 221 g/mol. The largest absolute Gasteiger partial charge is 0.265 e. The van der Waals surface area contributed by atoms with Gasteiger partial charge in [-0.05, 0) is 18.2 Å². The van der Waals surface area contributed by atoms with Gasteiger partial charge in [-0.25, -0.2) is 4.68 Å². The lowest BCUT2D eigenvalue weighted by Gasteiger charge is -2.06. The Morgan fingerprint density at radius 2 is 1.53 bits per heavy atom. The van der Waals surface area contributed by atoms with Crippen LogP contribution < -0.4 is 0 Å². The predicted octanol–water partition coefficient (Wildman–Crippen LogP) is 2.93. The van der Waals surface area contributed by atoms with Crippen LogP contribution in [0.15, 0.2) is 67.1 Å². The zero-order chi connectivity index (χ0) is 11.5. The van der Waals surface area contributed by atoms with Crippen LogP contribution in [0, 0.1) is 0 Å². The number of hydrogen-bond donors (Lipinski definition) is 0. The first-order chi connectivity index (χ1) is 8.45. The quantitative estimate of drug-likeness (QED) is 0.666. The zero-order valence-corrected chi connectivity index (χ0v) is 9.19. The summed E-state index contributed by atoms with van der Waals surface area (Å²) in [6.07, 6.45) is 5.35. The molecule has 3 rings (SSSR count). The Labute approximate surface area is 99.4 Å². The van der Waals surface area contributed by atoms with Crippen molar-refractivity contribution in [1.82, 2.24) is 14.8 Å². The van der Waals surface area contributed by atoms with Crippen LogP contribution in [0.5, 0.6) is 0 Å². The molecule has 3 heteroatoms. The molecule has 0 aliphatic heterocycles. The van der Waals surface area contributed by atoms with Crippen molar-refractivity contribution < 1.29 is 0 Å². The number of pyridine rings is 1. The molecule has 0 unspecified atom stereocenters. The second-order valence-corrected chi connectivity index (χ2v) is 3.70. The van der Waals surface area contributed by atoms with Crippen molar-refractivity contribution in [2.24, 2.45) is 0 Å². The summed E-state index contributed by atoms with van der Waals surface area (Å²) in [4.78, 5) is 4.02. The lowest BCUT2D eigenvalue weighted by molar-refractivity contribution is 0.885. The maximum atomic E-state index is 4.35. The molecule has 0 radical (unpaired) electrons. The van der Waals surface area contributed by atoms with E-state index >= 15 is 0 Å². The minimum absolute atomic E-state index is 1.02. The Bertz CT molecular complexity index is 546. The van der Waals surface area contributed by atoms with Gasteiger partial charge in [0.1, 0.15) is 0 Å². The standard InChI is InChI=1S/C14H11N3/c1-2-4-12(5-3-1)14-8-11-16-17(14)13-6-9-15-10-7-13/h1-11H. The summed E-state index contributed by atoms with van der Waals surface area (Å²) < 4.78 is 1.91. The van der Waals surface area contributed by atoms with E-state index in [1.807, 2.05) is 47.3 Å². The third-order valence-electron chi connectivity index (χ3n) is 2.62. The van der Waals surface area contributed by atoms with E-state index in [4.69, 9.17) is 0 Å². The van der Waals surface area contributed by atoms with Gasteiger partial charge >= 0.3 is 0 Å². The highest BCUT2D eigenvalue weighted by molar-refractivity contribution is 5.61.